The molecule has 0 aromatic carbocycles. The van der Waals surface area contributed by atoms with Gasteiger partial charge in [0.05, 0.1) is 12.0 Å². The molecule has 0 unspecified atom stereocenters. The summed E-state index contributed by atoms with van der Waals surface area (Å²) in [5.41, 5.74) is -0.753. The average Bonchev–Trinajstić information content (AvgIpc) is 2.66. The molecule has 1 aliphatic rings. The van der Waals surface area contributed by atoms with Crippen molar-refractivity contribution >= 4 is 11.8 Å². The van der Waals surface area contributed by atoms with Crippen molar-refractivity contribution in [2.45, 2.75) is 23.5 Å². The van der Waals surface area contributed by atoms with Gasteiger partial charge in [0.15, 0.2) is 0 Å². The summed E-state index contributed by atoms with van der Waals surface area (Å²) in [5.74, 6) is 0. The van der Waals surface area contributed by atoms with Crippen LogP contribution in [0.5, 0.6) is 0 Å². The van der Waals surface area contributed by atoms with E-state index in [1.807, 2.05) is 0 Å². The molecule has 1 saturated heterocycles. The number of aromatic nitrogens is 2. The van der Waals surface area contributed by atoms with Crippen molar-refractivity contribution in [2.24, 2.45) is 0 Å². The van der Waals surface area contributed by atoms with Gasteiger partial charge in [-0.05, 0) is 12.8 Å². The minimum absolute atomic E-state index is 0.0338. The summed E-state index contributed by atoms with van der Waals surface area (Å²) in [6.45, 7) is 0.138. The Balaban J connectivity index is 2.24. The molecule has 0 aliphatic carbocycles. The van der Waals surface area contributed by atoms with Gasteiger partial charge in [0.1, 0.15) is 0 Å². The van der Waals surface area contributed by atoms with Crippen LogP contribution in [0.15, 0.2) is 21.9 Å². The standard InChI is InChI=1S/C9H12N2O3S/c12-5-6-1-2-8(15-6)11-4-3-7(13)10-9(11)14/h3-4,6,8,12H,1-2,5H2,(H,10,13,14)/t6-,8-/m0/s1. The third-order valence-corrected chi connectivity index (χ3v) is 4.00. The van der Waals surface area contributed by atoms with Crippen LogP contribution in [-0.2, 0) is 0 Å². The quantitative estimate of drug-likeness (QED) is 0.742. The highest BCUT2D eigenvalue weighted by molar-refractivity contribution is 8.00. The second-order valence-corrected chi connectivity index (χ2v) is 4.97. The lowest BCUT2D eigenvalue weighted by molar-refractivity contribution is 0.292. The van der Waals surface area contributed by atoms with Crippen molar-refractivity contribution in [3.8, 4) is 0 Å². The van der Waals surface area contributed by atoms with Gasteiger partial charge >= 0.3 is 5.69 Å². The molecule has 1 fully saturated rings. The predicted molar refractivity (Wildman–Crippen MR) is 58.1 cm³/mol. The number of nitrogens with zero attached hydrogens (tertiary/aromatic N) is 1. The van der Waals surface area contributed by atoms with Crippen LogP contribution >= 0.6 is 11.8 Å². The summed E-state index contributed by atoms with van der Waals surface area (Å²) in [5, 5.41) is 9.21. The van der Waals surface area contributed by atoms with E-state index >= 15 is 0 Å². The average molecular weight is 228 g/mol. The topological polar surface area (TPSA) is 75.1 Å². The number of aromatic amines is 1. The summed E-state index contributed by atoms with van der Waals surface area (Å²) in [6.07, 6.45) is 3.26. The van der Waals surface area contributed by atoms with Gasteiger partial charge < -0.3 is 5.11 Å². The largest absolute Gasteiger partial charge is 0.395 e. The van der Waals surface area contributed by atoms with Crippen LogP contribution < -0.4 is 11.2 Å². The van der Waals surface area contributed by atoms with Crippen LogP contribution in [-0.4, -0.2) is 26.5 Å². The van der Waals surface area contributed by atoms with E-state index in [9.17, 15) is 9.59 Å². The highest BCUT2D eigenvalue weighted by Gasteiger charge is 2.26. The molecule has 15 heavy (non-hydrogen) atoms. The monoisotopic (exact) mass is 228 g/mol. The summed E-state index contributed by atoms with van der Waals surface area (Å²) in [7, 11) is 0. The molecule has 5 nitrogen and oxygen atoms in total. The fourth-order valence-electron chi connectivity index (χ4n) is 1.68. The number of aliphatic hydroxyl groups excluding tert-OH is 1. The molecule has 2 rings (SSSR count). The van der Waals surface area contributed by atoms with Gasteiger partial charge in [-0.3, -0.25) is 14.3 Å². The number of H-pyrrole nitrogens is 1. The van der Waals surface area contributed by atoms with Gasteiger partial charge in [0.2, 0.25) is 0 Å². The molecular formula is C9H12N2O3S. The first-order valence-electron chi connectivity index (χ1n) is 4.78. The van der Waals surface area contributed by atoms with E-state index in [1.165, 1.54) is 16.8 Å². The van der Waals surface area contributed by atoms with Crippen LogP contribution in [0.25, 0.3) is 0 Å². The van der Waals surface area contributed by atoms with E-state index < -0.39 is 0 Å². The Morgan fingerprint density at radius 3 is 2.93 bits per heavy atom. The van der Waals surface area contributed by atoms with Crippen molar-refractivity contribution in [1.29, 1.82) is 0 Å². The number of rotatable bonds is 2. The Labute approximate surface area is 90.1 Å². The summed E-state index contributed by atoms with van der Waals surface area (Å²) < 4.78 is 1.52. The maximum atomic E-state index is 11.5. The minimum atomic E-state index is -0.377. The van der Waals surface area contributed by atoms with E-state index in [0.717, 1.165) is 12.8 Å². The van der Waals surface area contributed by atoms with Gasteiger partial charge in [0, 0.05) is 17.5 Å². The van der Waals surface area contributed by atoms with Gasteiger partial charge in [-0.15, -0.1) is 11.8 Å². The van der Waals surface area contributed by atoms with Gasteiger partial charge in [-0.2, -0.15) is 0 Å². The molecule has 2 N–H and O–H groups in total. The number of nitrogens with one attached hydrogen (secondary N) is 1. The third kappa shape index (κ3) is 2.15. The molecule has 1 aliphatic heterocycles. The predicted octanol–water partition coefficient (Wildman–Crippen LogP) is -0.0769. The zero-order chi connectivity index (χ0) is 10.8. The highest BCUT2D eigenvalue weighted by Crippen LogP contribution is 2.39. The Hall–Kier alpha value is -1.01. The molecule has 6 heteroatoms. The Morgan fingerprint density at radius 1 is 1.53 bits per heavy atom. The smallest absolute Gasteiger partial charge is 0.329 e. The molecule has 0 bridgehead atoms. The molecule has 0 saturated carbocycles. The van der Waals surface area contributed by atoms with Crippen LogP contribution in [0, 0.1) is 0 Å². The van der Waals surface area contributed by atoms with Crippen LogP contribution in [0.4, 0.5) is 0 Å². The molecule has 1 aromatic rings. The third-order valence-electron chi connectivity index (χ3n) is 2.45. The van der Waals surface area contributed by atoms with E-state index in [0.29, 0.717) is 0 Å². The lowest BCUT2D eigenvalue weighted by Crippen LogP contribution is -2.29. The van der Waals surface area contributed by atoms with Crippen LogP contribution in [0.1, 0.15) is 18.2 Å². The number of aliphatic hydroxyl groups is 1. The van der Waals surface area contributed by atoms with Gasteiger partial charge in [-0.1, -0.05) is 0 Å². The zero-order valence-corrected chi connectivity index (χ0v) is 8.87. The lowest BCUT2D eigenvalue weighted by Gasteiger charge is -2.12. The molecular weight excluding hydrogens is 216 g/mol. The number of hydrogen-bond acceptors (Lipinski definition) is 4. The number of hydrogen-bond donors (Lipinski definition) is 2. The fraction of sp³-hybridized carbons (Fsp3) is 0.556. The summed E-state index contributed by atoms with van der Waals surface area (Å²) >= 11 is 1.57. The Kier molecular flexibility index (Phi) is 2.97. The molecule has 2 atom stereocenters. The SMILES string of the molecule is O=c1ccn([C@@H]2CC[C@@H](CO)S2)c(=O)[nH]1. The second kappa shape index (κ2) is 4.24. The Bertz CT molecular complexity index is 453. The first kappa shape index (κ1) is 10.5. The molecule has 0 spiro atoms. The fourth-order valence-corrected chi connectivity index (χ4v) is 3.05. The highest BCUT2D eigenvalue weighted by atomic mass is 32.2. The Morgan fingerprint density at radius 2 is 2.33 bits per heavy atom. The second-order valence-electron chi connectivity index (χ2n) is 3.49. The van der Waals surface area contributed by atoms with E-state index in [-0.39, 0.29) is 28.5 Å². The van der Waals surface area contributed by atoms with Gasteiger partial charge in [-0.25, -0.2) is 4.79 Å². The van der Waals surface area contributed by atoms with Crippen molar-refractivity contribution in [3.05, 3.63) is 33.1 Å². The minimum Gasteiger partial charge on any atom is -0.395 e. The van der Waals surface area contributed by atoms with E-state index in [2.05, 4.69) is 4.98 Å². The van der Waals surface area contributed by atoms with Crippen molar-refractivity contribution in [1.82, 2.24) is 9.55 Å². The van der Waals surface area contributed by atoms with Crippen molar-refractivity contribution < 1.29 is 5.11 Å². The molecule has 82 valence electrons. The summed E-state index contributed by atoms with van der Waals surface area (Å²) in [6, 6.07) is 1.34. The van der Waals surface area contributed by atoms with Gasteiger partial charge in [0.25, 0.3) is 5.56 Å². The molecule has 0 radical (unpaired) electrons. The van der Waals surface area contributed by atoms with Crippen LogP contribution in [0.3, 0.4) is 0 Å². The summed E-state index contributed by atoms with van der Waals surface area (Å²) in [4.78, 5) is 24.5. The van der Waals surface area contributed by atoms with Crippen molar-refractivity contribution in [2.75, 3.05) is 6.61 Å². The first-order chi connectivity index (χ1) is 7.20. The van der Waals surface area contributed by atoms with Crippen LogP contribution in [0.2, 0.25) is 0 Å². The first-order valence-corrected chi connectivity index (χ1v) is 5.73. The van der Waals surface area contributed by atoms with E-state index in [4.69, 9.17) is 5.11 Å². The molecule has 0 amide bonds. The zero-order valence-electron chi connectivity index (χ0n) is 8.05. The molecule has 2 heterocycles. The molecule has 1 aromatic heterocycles. The van der Waals surface area contributed by atoms with Crippen molar-refractivity contribution in [3.63, 3.8) is 0 Å². The number of thioether (sulfide) groups is 1. The maximum Gasteiger partial charge on any atom is 0.329 e. The maximum absolute atomic E-state index is 11.5. The van der Waals surface area contributed by atoms with E-state index in [1.54, 1.807) is 11.8 Å². The lowest BCUT2D eigenvalue weighted by atomic mass is 10.2. The normalized spacial score (nSPS) is 25.7.